The molecule has 1 N–H and O–H groups in total. The molecule has 20 heavy (non-hydrogen) atoms. The lowest BCUT2D eigenvalue weighted by Gasteiger charge is -2.23. The van der Waals surface area contributed by atoms with Crippen LogP contribution in [0.25, 0.3) is 0 Å². The minimum absolute atomic E-state index is 0.554. The Labute approximate surface area is 126 Å². The van der Waals surface area contributed by atoms with Gasteiger partial charge in [0.25, 0.3) is 0 Å². The van der Waals surface area contributed by atoms with Crippen molar-refractivity contribution >= 4 is 11.8 Å². The van der Waals surface area contributed by atoms with Crippen molar-refractivity contribution in [1.82, 2.24) is 5.32 Å². The maximum Gasteiger partial charge on any atom is 0.162 e. The molecular weight excluding hydrogens is 270 g/mol. The van der Waals surface area contributed by atoms with E-state index >= 15 is 0 Å². The number of hydrogen-bond acceptors (Lipinski definition) is 4. The Morgan fingerprint density at radius 1 is 1.20 bits per heavy atom. The van der Waals surface area contributed by atoms with Crippen LogP contribution >= 0.6 is 11.8 Å². The molecule has 0 amide bonds. The average molecular weight is 295 g/mol. The first-order valence-corrected chi connectivity index (χ1v) is 8.58. The molecule has 0 fully saturated rings. The number of fused-ring (bicyclic) bond motifs is 1. The molecule has 1 heterocycles. The summed E-state index contributed by atoms with van der Waals surface area (Å²) in [7, 11) is 0. The third-order valence-corrected chi connectivity index (χ3v) is 4.56. The SMILES string of the molecule is CCC(NCc1cc2c(cc1SC)OCCO2)C(C)C. The average Bonchev–Trinajstić information content (AvgIpc) is 2.46. The van der Waals surface area contributed by atoms with Crippen molar-refractivity contribution in [1.29, 1.82) is 0 Å². The molecular formula is C16H25NO2S. The van der Waals surface area contributed by atoms with Crippen LogP contribution in [0.5, 0.6) is 11.5 Å². The number of rotatable bonds is 6. The summed E-state index contributed by atoms with van der Waals surface area (Å²) in [5.41, 5.74) is 1.29. The predicted molar refractivity (Wildman–Crippen MR) is 85.0 cm³/mol. The van der Waals surface area contributed by atoms with Crippen molar-refractivity contribution in [2.45, 2.75) is 44.7 Å². The van der Waals surface area contributed by atoms with Gasteiger partial charge in [-0.1, -0.05) is 20.8 Å². The first kappa shape index (κ1) is 15.5. The molecule has 0 radical (unpaired) electrons. The van der Waals surface area contributed by atoms with Gasteiger partial charge in [-0.2, -0.15) is 0 Å². The van der Waals surface area contributed by atoms with E-state index in [0.717, 1.165) is 24.5 Å². The Kier molecular flexibility index (Phi) is 5.61. The lowest BCUT2D eigenvalue weighted by molar-refractivity contribution is 0.170. The number of ether oxygens (including phenoxy) is 2. The van der Waals surface area contributed by atoms with E-state index < -0.39 is 0 Å². The van der Waals surface area contributed by atoms with E-state index in [2.05, 4.69) is 44.5 Å². The van der Waals surface area contributed by atoms with Gasteiger partial charge in [-0.05, 0) is 36.3 Å². The first-order chi connectivity index (χ1) is 9.65. The van der Waals surface area contributed by atoms with Gasteiger partial charge in [-0.15, -0.1) is 11.8 Å². The molecule has 0 aliphatic carbocycles. The van der Waals surface area contributed by atoms with Gasteiger partial charge in [-0.25, -0.2) is 0 Å². The number of hydrogen-bond donors (Lipinski definition) is 1. The molecule has 0 spiro atoms. The summed E-state index contributed by atoms with van der Waals surface area (Å²) < 4.78 is 11.3. The van der Waals surface area contributed by atoms with Gasteiger partial charge < -0.3 is 14.8 Å². The number of nitrogens with one attached hydrogen (secondary N) is 1. The lowest BCUT2D eigenvalue weighted by Crippen LogP contribution is -2.32. The van der Waals surface area contributed by atoms with Gasteiger partial charge in [0.2, 0.25) is 0 Å². The van der Waals surface area contributed by atoms with Crippen LogP contribution in [0.2, 0.25) is 0 Å². The van der Waals surface area contributed by atoms with Gasteiger partial charge in [-0.3, -0.25) is 0 Å². The maximum absolute atomic E-state index is 5.68. The first-order valence-electron chi connectivity index (χ1n) is 7.35. The largest absolute Gasteiger partial charge is 0.486 e. The zero-order valence-electron chi connectivity index (χ0n) is 12.9. The van der Waals surface area contributed by atoms with Crippen molar-refractivity contribution in [3.63, 3.8) is 0 Å². The highest BCUT2D eigenvalue weighted by Crippen LogP contribution is 2.36. The summed E-state index contributed by atoms with van der Waals surface area (Å²) in [5, 5.41) is 3.66. The molecule has 1 aromatic carbocycles. The quantitative estimate of drug-likeness (QED) is 0.811. The fourth-order valence-electron chi connectivity index (χ4n) is 2.53. The molecule has 112 valence electrons. The summed E-state index contributed by atoms with van der Waals surface area (Å²) in [6, 6.07) is 4.78. The Morgan fingerprint density at radius 2 is 1.85 bits per heavy atom. The van der Waals surface area contributed by atoms with Crippen molar-refractivity contribution in [2.24, 2.45) is 5.92 Å². The molecule has 1 atom stereocenters. The second-order valence-electron chi connectivity index (χ2n) is 5.45. The van der Waals surface area contributed by atoms with E-state index in [0.29, 0.717) is 25.2 Å². The van der Waals surface area contributed by atoms with E-state index in [1.165, 1.54) is 10.5 Å². The fraction of sp³-hybridized carbons (Fsp3) is 0.625. The van der Waals surface area contributed by atoms with Gasteiger partial charge >= 0.3 is 0 Å². The molecule has 1 aliphatic heterocycles. The third-order valence-electron chi connectivity index (χ3n) is 3.74. The van der Waals surface area contributed by atoms with Crippen LogP contribution in [0, 0.1) is 5.92 Å². The molecule has 0 aromatic heterocycles. The summed E-state index contributed by atoms with van der Waals surface area (Å²) >= 11 is 1.76. The van der Waals surface area contributed by atoms with Crippen LogP contribution in [0.15, 0.2) is 17.0 Å². The van der Waals surface area contributed by atoms with Crippen LogP contribution in [0.4, 0.5) is 0 Å². The van der Waals surface area contributed by atoms with Crippen molar-refractivity contribution < 1.29 is 9.47 Å². The molecule has 0 saturated heterocycles. The Morgan fingerprint density at radius 3 is 2.40 bits per heavy atom. The lowest BCUT2D eigenvalue weighted by atomic mass is 10.0. The van der Waals surface area contributed by atoms with Crippen LogP contribution in [-0.2, 0) is 6.54 Å². The van der Waals surface area contributed by atoms with Crippen LogP contribution < -0.4 is 14.8 Å². The molecule has 0 bridgehead atoms. The smallest absolute Gasteiger partial charge is 0.162 e. The van der Waals surface area contributed by atoms with Crippen LogP contribution in [0.3, 0.4) is 0 Å². The molecule has 1 unspecified atom stereocenters. The normalized spacial score (nSPS) is 15.4. The monoisotopic (exact) mass is 295 g/mol. The molecule has 2 rings (SSSR count). The van der Waals surface area contributed by atoms with Crippen LogP contribution in [0.1, 0.15) is 32.8 Å². The third kappa shape index (κ3) is 3.61. The van der Waals surface area contributed by atoms with E-state index in [9.17, 15) is 0 Å². The molecule has 1 aliphatic rings. The molecule has 3 nitrogen and oxygen atoms in total. The standard InChI is InChI=1S/C16H25NO2S/c1-5-13(11(2)3)17-10-12-8-14-15(9-16(12)20-4)19-7-6-18-14/h8-9,11,13,17H,5-7,10H2,1-4H3. The van der Waals surface area contributed by atoms with Crippen LogP contribution in [-0.4, -0.2) is 25.5 Å². The van der Waals surface area contributed by atoms with Crippen molar-refractivity contribution in [3.05, 3.63) is 17.7 Å². The topological polar surface area (TPSA) is 30.5 Å². The number of benzene rings is 1. The Hall–Kier alpha value is -0.870. The van der Waals surface area contributed by atoms with E-state index in [-0.39, 0.29) is 0 Å². The number of thioether (sulfide) groups is 1. The molecule has 4 heteroatoms. The predicted octanol–water partition coefficient (Wildman–Crippen LogP) is 3.70. The Bertz CT molecular complexity index is 448. The van der Waals surface area contributed by atoms with Crippen molar-refractivity contribution in [3.8, 4) is 11.5 Å². The van der Waals surface area contributed by atoms with Gasteiger partial charge in [0.1, 0.15) is 13.2 Å². The summed E-state index contributed by atoms with van der Waals surface area (Å²) in [6.45, 7) is 8.92. The van der Waals surface area contributed by atoms with Gasteiger partial charge in [0, 0.05) is 17.5 Å². The molecule has 1 aromatic rings. The van der Waals surface area contributed by atoms with Gasteiger partial charge in [0.15, 0.2) is 11.5 Å². The van der Waals surface area contributed by atoms with Crippen molar-refractivity contribution in [2.75, 3.05) is 19.5 Å². The van der Waals surface area contributed by atoms with Gasteiger partial charge in [0.05, 0.1) is 0 Å². The second kappa shape index (κ2) is 7.23. The van der Waals surface area contributed by atoms with E-state index in [4.69, 9.17) is 9.47 Å². The zero-order valence-corrected chi connectivity index (χ0v) is 13.7. The Balaban J connectivity index is 2.13. The fourth-order valence-corrected chi connectivity index (χ4v) is 3.15. The zero-order chi connectivity index (χ0) is 14.5. The highest BCUT2D eigenvalue weighted by Gasteiger charge is 2.17. The summed E-state index contributed by atoms with van der Waals surface area (Å²) in [5.74, 6) is 2.40. The van der Waals surface area contributed by atoms with E-state index in [1.54, 1.807) is 11.8 Å². The molecule has 0 saturated carbocycles. The summed E-state index contributed by atoms with van der Waals surface area (Å²) in [6.07, 6.45) is 3.26. The minimum Gasteiger partial charge on any atom is -0.486 e. The summed E-state index contributed by atoms with van der Waals surface area (Å²) in [4.78, 5) is 1.26. The minimum atomic E-state index is 0.554. The maximum atomic E-state index is 5.68. The van der Waals surface area contributed by atoms with E-state index in [1.807, 2.05) is 0 Å². The second-order valence-corrected chi connectivity index (χ2v) is 6.30. The highest BCUT2D eigenvalue weighted by molar-refractivity contribution is 7.98. The highest BCUT2D eigenvalue weighted by atomic mass is 32.2.